The van der Waals surface area contributed by atoms with Gasteiger partial charge in [0.1, 0.15) is 0 Å². The van der Waals surface area contributed by atoms with Crippen LogP contribution in [0.5, 0.6) is 0 Å². The summed E-state index contributed by atoms with van der Waals surface area (Å²) in [6.45, 7) is 0.589. The van der Waals surface area contributed by atoms with Gasteiger partial charge in [0, 0.05) is 33.7 Å². The Kier molecular flexibility index (Phi) is 5.31. The van der Waals surface area contributed by atoms with Gasteiger partial charge in [-0.05, 0) is 64.6 Å². The Morgan fingerprint density at radius 2 is 1.68 bits per heavy atom. The smallest absolute Gasteiger partial charge is 0.251 e. The minimum absolute atomic E-state index is 0.0357. The van der Waals surface area contributed by atoms with Crippen LogP contribution in [0.3, 0.4) is 0 Å². The maximum absolute atomic E-state index is 13.0. The molecule has 152 valence electrons. The molecule has 4 heteroatoms. The van der Waals surface area contributed by atoms with Crippen molar-refractivity contribution in [3.05, 3.63) is 112 Å². The number of fused-ring (bicyclic) bond motifs is 2. The molecule has 3 aromatic carbocycles. The zero-order valence-corrected chi connectivity index (χ0v) is 18.4. The van der Waals surface area contributed by atoms with E-state index < -0.39 is 0 Å². The fraction of sp³-hybridized carbons (Fsp3) is 0.0741. The summed E-state index contributed by atoms with van der Waals surface area (Å²) in [5, 5.41) is 4.32. The minimum atomic E-state index is -0.0357. The average molecular weight is 469 g/mol. The largest absolute Gasteiger partial charge is 0.361 e. The van der Waals surface area contributed by atoms with E-state index in [4.69, 9.17) is 0 Å². The molecule has 1 aromatic heterocycles. The standard InChI is InChI=1S/C27H21BrN2O/c28-21-11-9-18(10-12-21)15-20-16-25(24-7-2-1-5-22(20)24)27(31)29-14-13-19-17-30-26-8-4-3-6-23(19)26/h1-12,15-17,30H,13-14H2,(H,29,31)/b20-15+. The lowest BCUT2D eigenvalue weighted by molar-refractivity contribution is -0.115. The van der Waals surface area contributed by atoms with Gasteiger partial charge in [-0.15, -0.1) is 0 Å². The summed E-state index contributed by atoms with van der Waals surface area (Å²) in [6, 6.07) is 24.5. The molecule has 0 fully saturated rings. The topological polar surface area (TPSA) is 44.9 Å². The second kappa shape index (κ2) is 8.40. The number of carbonyl (C=O) groups is 1. The molecule has 0 saturated heterocycles. The van der Waals surface area contributed by atoms with Gasteiger partial charge in [0.15, 0.2) is 0 Å². The molecule has 4 aromatic rings. The van der Waals surface area contributed by atoms with Crippen molar-refractivity contribution in [1.29, 1.82) is 0 Å². The fourth-order valence-corrected chi connectivity index (χ4v) is 4.34. The number of amides is 1. The Morgan fingerprint density at radius 1 is 0.935 bits per heavy atom. The number of hydrogen-bond acceptors (Lipinski definition) is 1. The summed E-state index contributed by atoms with van der Waals surface area (Å²) >= 11 is 3.48. The highest BCUT2D eigenvalue weighted by Gasteiger charge is 2.22. The fourth-order valence-electron chi connectivity index (χ4n) is 4.07. The summed E-state index contributed by atoms with van der Waals surface area (Å²) in [7, 11) is 0. The Balaban J connectivity index is 1.34. The number of benzene rings is 3. The molecule has 1 amide bonds. The Labute approximate surface area is 189 Å². The molecule has 1 aliphatic rings. The second-order valence-corrected chi connectivity index (χ2v) is 8.54. The molecule has 31 heavy (non-hydrogen) atoms. The highest BCUT2D eigenvalue weighted by molar-refractivity contribution is 9.10. The van der Waals surface area contributed by atoms with Crippen molar-refractivity contribution in [2.24, 2.45) is 0 Å². The lowest BCUT2D eigenvalue weighted by Gasteiger charge is -2.07. The first-order valence-corrected chi connectivity index (χ1v) is 11.1. The van der Waals surface area contributed by atoms with Gasteiger partial charge >= 0.3 is 0 Å². The van der Waals surface area contributed by atoms with Crippen molar-refractivity contribution in [3.63, 3.8) is 0 Å². The monoisotopic (exact) mass is 468 g/mol. The van der Waals surface area contributed by atoms with E-state index in [9.17, 15) is 4.79 Å². The molecule has 1 aliphatic carbocycles. The third-order valence-corrected chi connectivity index (χ3v) is 6.15. The van der Waals surface area contributed by atoms with Crippen molar-refractivity contribution < 1.29 is 4.79 Å². The Morgan fingerprint density at radius 3 is 2.52 bits per heavy atom. The Bertz CT molecular complexity index is 1330. The van der Waals surface area contributed by atoms with Crippen LogP contribution < -0.4 is 5.32 Å². The van der Waals surface area contributed by atoms with Gasteiger partial charge in [0.2, 0.25) is 0 Å². The van der Waals surface area contributed by atoms with E-state index in [1.165, 1.54) is 10.9 Å². The molecule has 2 N–H and O–H groups in total. The van der Waals surface area contributed by atoms with Crippen molar-refractivity contribution in [1.82, 2.24) is 10.3 Å². The van der Waals surface area contributed by atoms with Crippen LogP contribution in [-0.4, -0.2) is 17.4 Å². The summed E-state index contributed by atoms with van der Waals surface area (Å²) in [6.07, 6.45) is 6.93. The Hall–Kier alpha value is -3.37. The number of aromatic nitrogens is 1. The lowest BCUT2D eigenvalue weighted by Crippen LogP contribution is -2.26. The third kappa shape index (κ3) is 3.99. The highest BCUT2D eigenvalue weighted by Crippen LogP contribution is 2.36. The predicted octanol–water partition coefficient (Wildman–Crippen LogP) is 6.23. The summed E-state index contributed by atoms with van der Waals surface area (Å²) in [5.41, 5.74) is 7.29. The van der Waals surface area contributed by atoms with Crippen molar-refractivity contribution in [3.8, 4) is 0 Å². The zero-order chi connectivity index (χ0) is 21.2. The molecular weight excluding hydrogens is 448 g/mol. The number of H-pyrrole nitrogens is 1. The van der Waals surface area contributed by atoms with E-state index in [0.717, 1.165) is 44.2 Å². The predicted molar refractivity (Wildman–Crippen MR) is 131 cm³/mol. The number of nitrogens with one attached hydrogen (secondary N) is 2. The van der Waals surface area contributed by atoms with Gasteiger partial charge < -0.3 is 10.3 Å². The van der Waals surface area contributed by atoms with Gasteiger partial charge in [-0.2, -0.15) is 0 Å². The molecule has 0 spiro atoms. The maximum atomic E-state index is 13.0. The van der Waals surface area contributed by atoms with Gasteiger partial charge in [-0.1, -0.05) is 70.5 Å². The number of rotatable bonds is 5. The van der Waals surface area contributed by atoms with Crippen molar-refractivity contribution >= 4 is 50.0 Å². The van der Waals surface area contributed by atoms with Crippen LogP contribution in [0.25, 0.3) is 28.1 Å². The van der Waals surface area contributed by atoms with E-state index >= 15 is 0 Å². The van der Waals surface area contributed by atoms with Gasteiger partial charge in [-0.3, -0.25) is 4.79 Å². The number of hydrogen-bond donors (Lipinski definition) is 2. The molecule has 1 heterocycles. The second-order valence-electron chi connectivity index (χ2n) is 7.62. The highest BCUT2D eigenvalue weighted by atomic mass is 79.9. The molecule has 0 atom stereocenters. The number of allylic oxidation sites excluding steroid dienone is 2. The molecular formula is C27H21BrN2O. The normalized spacial score (nSPS) is 14.0. The zero-order valence-electron chi connectivity index (χ0n) is 16.9. The quantitative estimate of drug-likeness (QED) is 0.358. The minimum Gasteiger partial charge on any atom is -0.361 e. The molecule has 3 nitrogen and oxygen atoms in total. The van der Waals surface area contributed by atoms with Crippen molar-refractivity contribution in [2.75, 3.05) is 6.54 Å². The van der Waals surface area contributed by atoms with Crippen LogP contribution in [0.15, 0.2) is 89.5 Å². The first kappa shape index (κ1) is 19.6. The van der Waals surface area contributed by atoms with E-state index in [-0.39, 0.29) is 5.91 Å². The molecule has 0 unspecified atom stereocenters. The van der Waals surface area contributed by atoms with Gasteiger partial charge in [-0.25, -0.2) is 0 Å². The van der Waals surface area contributed by atoms with E-state index in [0.29, 0.717) is 6.54 Å². The van der Waals surface area contributed by atoms with Crippen molar-refractivity contribution in [2.45, 2.75) is 6.42 Å². The summed E-state index contributed by atoms with van der Waals surface area (Å²) < 4.78 is 1.05. The van der Waals surface area contributed by atoms with E-state index in [2.05, 4.69) is 62.6 Å². The summed E-state index contributed by atoms with van der Waals surface area (Å²) in [5.74, 6) is -0.0357. The van der Waals surface area contributed by atoms with Gasteiger partial charge in [0.05, 0.1) is 0 Å². The number of carbonyl (C=O) groups excluding carboxylic acids is 1. The lowest BCUT2D eigenvalue weighted by atomic mass is 10.0. The summed E-state index contributed by atoms with van der Waals surface area (Å²) in [4.78, 5) is 16.3. The molecule has 0 radical (unpaired) electrons. The van der Waals surface area contributed by atoms with Crippen LogP contribution in [0.2, 0.25) is 0 Å². The van der Waals surface area contributed by atoms with Crippen LogP contribution in [0, 0.1) is 0 Å². The number of para-hydroxylation sites is 1. The van der Waals surface area contributed by atoms with Crippen LogP contribution >= 0.6 is 15.9 Å². The van der Waals surface area contributed by atoms with E-state index in [1.807, 2.05) is 54.7 Å². The van der Waals surface area contributed by atoms with Gasteiger partial charge in [0.25, 0.3) is 5.91 Å². The maximum Gasteiger partial charge on any atom is 0.251 e. The van der Waals surface area contributed by atoms with Crippen LogP contribution in [0.4, 0.5) is 0 Å². The number of aromatic amines is 1. The SMILES string of the molecule is O=C(NCCc1c[nH]c2ccccc12)C1=C/C(=C\c2ccc(Br)cc2)c2ccccc21. The van der Waals surface area contributed by atoms with E-state index in [1.54, 1.807) is 0 Å². The van der Waals surface area contributed by atoms with Crippen LogP contribution in [-0.2, 0) is 11.2 Å². The number of halogens is 1. The third-order valence-electron chi connectivity index (χ3n) is 5.62. The first-order valence-electron chi connectivity index (χ1n) is 10.3. The van der Waals surface area contributed by atoms with Crippen LogP contribution in [0.1, 0.15) is 22.3 Å². The first-order chi connectivity index (χ1) is 15.2. The average Bonchev–Trinajstić information content (AvgIpc) is 3.37. The molecule has 0 bridgehead atoms. The molecule has 0 aliphatic heterocycles. The molecule has 5 rings (SSSR count). The molecule has 0 saturated carbocycles.